The first-order chi connectivity index (χ1) is 9.33. The molecule has 0 aliphatic rings. The van der Waals surface area contributed by atoms with Crippen molar-refractivity contribution in [2.45, 2.75) is 33.4 Å². The van der Waals surface area contributed by atoms with Gasteiger partial charge in [0.2, 0.25) is 0 Å². The van der Waals surface area contributed by atoms with Gasteiger partial charge in [-0.2, -0.15) is 0 Å². The zero-order valence-electron chi connectivity index (χ0n) is 12.0. The number of esters is 1. The number of hydrogen-bond donors (Lipinski definition) is 3. The van der Waals surface area contributed by atoms with Crippen LogP contribution in [-0.4, -0.2) is 28.7 Å². The lowest BCUT2D eigenvalue weighted by atomic mass is 10.0. The predicted molar refractivity (Wildman–Crippen MR) is 75.7 cm³/mol. The van der Waals surface area contributed by atoms with Crippen LogP contribution in [0.4, 0.5) is 11.5 Å². The Hall–Kier alpha value is -2.25. The second kappa shape index (κ2) is 6.27. The summed E-state index contributed by atoms with van der Waals surface area (Å²) in [6.07, 6.45) is 0. The molecule has 0 aliphatic heterocycles. The van der Waals surface area contributed by atoms with Crippen LogP contribution in [-0.2, 0) is 16.1 Å². The van der Waals surface area contributed by atoms with E-state index in [4.69, 9.17) is 5.73 Å². The van der Waals surface area contributed by atoms with Gasteiger partial charge in [-0.3, -0.25) is 14.3 Å². The Labute approximate surface area is 115 Å². The Bertz CT molecular complexity index is 602. The maximum atomic E-state index is 11.8. The number of carbonyl (C=O) groups is 1. The van der Waals surface area contributed by atoms with Gasteiger partial charge in [-0.15, -0.1) is 0 Å². The summed E-state index contributed by atoms with van der Waals surface area (Å²) in [6, 6.07) is -0.730. The molecule has 0 aliphatic carbocycles. The Morgan fingerprint density at radius 3 is 2.50 bits per heavy atom. The van der Waals surface area contributed by atoms with Crippen molar-refractivity contribution >= 4 is 17.5 Å². The topological polar surface area (TPSA) is 119 Å². The number of nitrogens with two attached hydrogens (primary N) is 1. The van der Waals surface area contributed by atoms with E-state index in [1.165, 1.54) is 11.7 Å². The number of aromatic amines is 1. The summed E-state index contributed by atoms with van der Waals surface area (Å²) < 4.78 is 5.89. The van der Waals surface area contributed by atoms with Gasteiger partial charge in [0.15, 0.2) is 0 Å². The van der Waals surface area contributed by atoms with Crippen molar-refractivity contribution < 1.29 is 9.53 Å². The number of carbonyl (C=O) groups excluding carboxylic acids is 1. The van der Waals surface area contributed by atoms with Gasteiger partial charge in [-0.25, -0.2) is 9.59 Å². The monoisotopic (exact) mass is 284 g/mol. The van der Waals surface area contributed by atoms with Crippen LogP contribution >= 0.6 is 0 Å². The van der Waals surface area contributed by atoms with Gasteiger partial charge in [0.25, 0.3) is 5.56 Å². The van der Waals surface area contributed by atoms with Crippen LogP contribution in [0.1, 0.15) is 20.8 Å². The highest BCUT2D eigenvalue weighted by molar-refractivity contribution is 5.80. The van der Waals surface area contributed by atoms with Gasteiger partial charge in [-0.05, 0) is 12.8 Å². The number of nitrogen functional groups attached to an aromatic ring is 1. The van der Waals surface area contributed by atoms with Crippen LogP contribution < -0.4 is 22.3 Å². The third-order valence-electron chi connectivity index (χ3n) is 2.98. The first-order valence-electron chi connectivity index (χ1n) is 6.30. The van der Waals surface area contributed by atoms with Gasteiger partial charge in [0.1, 0.15) is 17.5 Å². The normalized spacial score (nSPS) is 12.2. The Kier molecular flexibility index (Phi) is 4.95. The molecule has 1 atom stereocenters. The number of rotatable bonds is 5. The highest BCUT2D eigenvalue weighted by Gasteiger charge is 2.25. The minimum absolute atomic E-state index is 0.00389. The number of nitrogens with zero attached hydrogens (tertiary/aromatic N) is 1. The molecule has 0 spiro atoms. The van der Waals surface area contributed by atoms with E-state index in [1.54, 1.807) is 20.8 Å². The first kappa shape index (κ1) is 15.8. The standard InChI is InChI=1S/C12H20N4O4/c1-5-16-9(13)8(10(17)15-12(16)19)14-7(6(2)3)11(18)20-4/h6-7,14H,5,13H2,1-4H3,(H,15,17,19). The zero-order chi connectivity index (χ0) is 15.4. The van der Waals surface area contributed by atoms with Crippen molar-refractivity contribution in [3.05, 3.63) is 20.8 Å². The fourth-order valence-electron chi connectivity index (χ4n) is 1.82. The molecule has 1 unspecified atom stereocenters. The molecule has 0 fully saturated rings. The number of nitrogens with one attached hydrogen (secondary N) is 2. The van der Waals surface area contributed by atoms with E-state index in [0.717, 1.165) is 0 Å². The minimum Gasteiger partial charge on any atom is -0.467 e. The second-order valence-corrected chi connectivity index (χ2v) is 4.65. The average Bonchev–Trinajstić information content (AvgIpc) is 2.37. The predicted octanol–water partition coefficient (Wildman–Crippen LogP) is -0.252. The van der Waals surface area contributed by atoms with Crippen molar-refractivity contribution in [2.75, 3.05) is 18.2 Å². The van der Waals surface area contributed by atoms with Crippen LogP contribution in [0.15, 0.2) is 9.59 Å². The van der Waals surface area contributed by atoms with Crippen LogP contribution in [0.3, 0.4) is 0 Å². The lowest BCUT2D eigenvalue weighted by molar-refractivity contribution is -0.142. The van der Waals surface area contributed by atoms with E-state index >= 15 is 0 Å². The number of aromatic nitrogens is 2. The Morgan fingerprint density at radius 2 is 2.05 bits per heavy atom. The zero-order valence-corrected chi connectivity index (χ0v) is 12.0. The second-order valence-electron chi connectivity index (χ2n) is 4.65. The molecule has 0 radical (unpaired) electrons. The lowest BCUT2D eigenvalue weighted by Gasteiger charge is -2.22. The molecule has 20 heavy (non-hydrogen) atoms. The highest BCUT2D eigenvalue weighted by atomic mass is 16.5. The summed E-state index contributed by atoms with van der Waals surface area (Å²) in [7, 11) is 1.26. The quantitative estimate of drug-likeness (QED) is 0.641. The third kappa shape index (κ3) is 3.01. The molecule has 1 aromatic rings. The van der Waals surface area contributed by atoms with E-state index < -0.39 is 23.3 Å². The molecular formula is C12H20N4O4. The van der Waals surface area contributed by atoms with Crippen molar-refractivity contribution in [3.8, 4) is 0 Å². The first-order valence-corrected chi connectivity index (χ1v) is 6.30. The van der Waals surface area contributed by atoms with Crippen molar-refractivity contribution in [2.24, 2.45) is 5.92 Å². The van der Waals surface area contributed by atoms with Crippen LogP contribution in [0.25, 0.3) is 0 Å². The maximum absolute atomic E-state index is 11.8. The van der Waals surface area contributed by atoms with Crippen molar-refractivity contribution in [1.29, 1.82) is 0 Å². The molecule has 1 heterocycles. The summed E-state index contributed by atoms with van der Waals surface area (Å²) in [5.74, 6) is -0.632. The highest BCUT2D eigenvalue weighted by Crippen LogP contribution is 2.15. The minimum atomic E-state index is -0.730. The van der Waals surface area contributed by atoms with E-state index in [2.05, 4.69) is 15.0 Å². The molecule has 0 amide bonds. The van der Waals surface area contributed by atoms with E-state index in [1.807, 2.05) is 0 Å². The number of H-pyrrole nitrogens is 1. The summed E-state index contributed by atoms with van der Waals surface area (Å²) in [4.78, 5) is 37.2. The van der Waals surface area contributed by atoms with Crippen LogP contribution in [0, 0.1) is 5.92 Å². The van der Waals surface area contributed by atoms with Crippen LogP contribution in [0.2, 0.25) is 0 Å². The number of methoxy groups -OCH3 is 1. The molecule has 0 aromatic carbocycles. The molecule has 1 rings (SSSR count). The fourth-order valence-corrected chi connectivity index (χ4v) is 1.82. The van der Waals surface area contributed by atoms with Gasteiger partial charge >= 0.3 is 11.7 Å². The maximum Gasteiger partial charge on any atom is 0.330 e. The largest absolute Gasteiger partial charge is 0.467 e. The van der Waals surface area contributed by atoms with Gasteiger partial charge < -0.3 is 15.8 Å². The molecule has 0 bridgehead atoms. The molecule has 1 aromatic heterocycles. The fraction of sp³-hybridized carbons (Fsp3) is 0.583. The number of anilines is 2. The molecular weight excluding hydrogens is 264 g/mol. The molecule has 0 saturated heterocycles. The molecule has 4 N–H and O–H groups in total. The number of ether oxygens (including phenoxy) is 1. The van der Waals surface area contributed by atoms with Crippen molar-refractivity contribution in [3.63, 3.8) is 0 Å². The SMILES string of the molecule is CCn1c(N)c(NC(C(=O)OC)C(C)C)c(=O)[nH]c1=O. The van der Waals surface area contributed by atoms with Crippen molar-refractivity contribution in [1.82, 2.24) is 9.55 Å². The molecule has 112 valence electrons. The summed E-state index contributed by atoms with van der Waals surface area (Å²) in [5.41, 5.74) is 4.57. The Balaban J connectivity index is 3.30. The third-order valence-corrected chi connectivity index (χ3v) is 2.98. The Morgan fingerprint density at radius 1 is 1.45 bits per heavy atom. The van der Waals surface area contributed by atoms with E-state index in [0.29, 0.717) is 6.54 Å². The van der Waals surface area contributed by atoms with Gasteiger partial charge in [0.05, 0.1) is 7.11 Å². The van der Waals surface area contributed by atoms with Gasteiger partial charge in [0, 0.05) is 6.54 Å². The smallest absolute Gasteiger partial charge is 0.330 e. The lowest BCUT2D eigenvalue weighted by Crippen LogP contribution is -2.40. The van der Waals surface area contributed by atoms with Crippen LogP contribution in [0.5, 0.6) is 0 Å². The summed E-state index contributed by atoms with van der Waals surface area (Å²) in [6.45, 7) is 5.63. The summed E-state index contributed by atoms with van der Waals surface area (Å²) in [5, 5.41) is 2.76. The van der Waals surface area contributed by atoms with Gasteiger partial charge in [-0.1, -0.05) is 13.8 Å². The summed E-state index contributed by atoms with van der Waals surface area (Å²) >= 11 is 0. The van der Waals surface area contributed by atoms with E-state index in [9.17, 15) is 14.4 Å². The molecule has 0 saturated carbocycles. The molecule has 8 heteroatoms. The molecule has 8 nitrogen and oxygen atoms in total. The average molecular weight is 284 g/mol. The number of hydrogen-bond acceptors (Lipinski definition) is 6. The van der Waals surface area contributed by atoms with E-state index in [-0.39, 0.29) is 17.4 Å².